The topological polar surface area (TPSA) is 29.5 Å². The summed E-state index contributed by atoms with van der Waals surface area (Å²) in [6.45, 7) is 2.36. The van der Waals surface area contributed by atoms with E-state index in [1.54, 1.807) is 0 Å². The quantitative estimate of drug-likeness (QED) is 0.847. The number of nitrogens with zero attached hydrogens (tertiary/aromatic N) is 1. The lowest BCUT2D eigenvalue weighted by molar-refractivity contribution is -0.139. The second kappa shape index (κ2) is 8.30. The first-order valence-corrected chi connectivity index (χ1v) is 8.96. The fourth-order valence-electron chi connectivity index (χ4n) is 3.57. The van der Waals surface area contributed by atoms with Gasteiger partial charge in [0, 0.05) is 25.7 Å². The van der Waals surface area contributed by atoms with Crippen molar-refractivity contribution < 1.29 is 9.53 Å². The van der Waals surface area contributed by atoms with Crippen LogP contribution in [0.4, 0.5) is 0 Å². The van der Waals surface area contributed by atoms with E-state index < -0.39 is 0 Å². The van der Waals surface area contributed by atoms with Crippen LogP contribution in [0, 0.1) is 5.92 Å². The smallest absolute Gasteiger partial charge is 0.226 e. The van der Waals surface area contributed by atoms with Gasteiger partial charge in [-0.3, -0.25) is 4.79 Å². The van der Waals surface area contributed by atoms with Crippen molar-refractivity contribution in [3.63, 3.8) is 0 Å². The molecule has 3 nitrogen and oxygen atoms in total. The first-order valence-electron chi connectivity index (χ1n) is 8.96. The maximum Gasteiger partial charge on any atom is 0.226 e. The van der Waals surface area contributed by atoms with Crippen LogP contribution in [0.2, 0.25) is 0 Å². The summed E-state index contributed by atoms with van der Waals surface area (Å²) >= 11 is 0. The van der Waals surface area contributed by atoms with Crippen LogP contribution in [-0.4, -0.2) is 36.6 Å². The highest BCUT2D eigenvalue weighted by Gasteiger charge is 2.30. The van der Waals surface area contributed by atoms with Gasteiger partial charge in [-0.15, -0.1) is 0 Å². The zero-order valence-corrected chi connectivity index (χ0v) is 13.8. The maximum absolute atomic E-state index is 13.0. The Morgan fingerprint density at radius 1 is 1.04 bits per heavy atom. The summed E-state index contributed by atoms with van der Waals surface area (Å²) in [6.07, 6.45) is 10.8. The van der Waals surface area contributed by atoms with Crippen LogP contribution in [0.3, 0.4) is 0 Å². The Kier molecular flexibility index (Phi) is 5.87. The van der Waals surface area contributed by atoms with Gasteiger partial charge in [-0.1, -0.05) is 55.3 Å². The third-order valence-corrected chi connectivity index (χ3v) is 4.96. The largest absolute Gasteiger partial charge is 0.381 e. The minimum atomic E-state index is 0.162. The first-order chi connectivity index (χ1) is 11.3. The van der Waals surface area contributed by atoms with E-state index in [4.69, 9.17) is 4.74 Å². The van der Waals surface area contributed by atoms with Gasteiger partial charge in [0.2, 0.25) is 5.91 Å². The summed E-state index contributed by atoms with van der Waals surface area (Å²) in [4.78, 5) is 15.1. The average Bonchev–Trinajstić information content (AvgIpc) is 2.86. The molecule has 1 amide bonds. The molecule has 2 saturated heterocycles. The molecule has 1 aromatic rings. The van der Waals surface area contributed by atoms with Gasteiger partial charge in [-0.2, -0.15) is 0 Å². The molecule has 0 aliphatic carbocycles. The summed E-state index contributed by atoms with van der Waals surface area (Å²) in [5.41, 5.74) is 1.20. The molecule has 0 N–H and O–H groups in total. The standard InChI is InChI=1S/C20H27NO2/c22-20(18-12-15-23-16-13-18)21-14-6-2-5-9-19(21)11-10-17-7-3-1-4-8-17/h1,3-4,7-8,10-11,18-19H,2,5-6,9,12-16H2/b11-10+. The number of amides is 1. The molecule has 23 heavy (non-hydrogen) atoms. The molecule has 124 valence electrons. The van der Waals surface area contributed by atoms with Gasteiger partial charge in [0.15, 0.2) is 0 Å². The van der Waals surface area contributed by atoms with Crippen molar-refractivity contribution in [2.45, 2.75) is 44.6 Å². The fraction of sp³-hybridized carbons (Fsp3) is 0.550. The van der Waals surface area contributed by atoms with Crippen molar-refractivity contribution in [2.75, 3.05) is 19.8 Å². The molecule has 1 aromatic carbocycles. The molecular formula is C20H27NO2. The van der Waals surface area contributed by atoms with E-state index >= 15 is 0 Å². The second-order valence-electron chi connectivity index (χ2n) is 6.60. The highest BCUT2D eigenvalue weighted by molar-refractivity contribution is 5.79. The zero-order valence-electron chi connectivity index (χ0n) is 13.8. The normalized spacial score (nSPS) is 23.8. The van der Waals surface area contributed by atoms with Crippen molar-refractivity contribution in [2.24, 2.45) is 5.92 Å². The lowest BCUT2D eigenvalue weighted by atomic mass is 9.97. The number of ether oxygens (including phenoxy) is 1. The van der Waals surface area contributed by atoms with Gasteiger partial charge in [-0.05, 0) is 31.2 Å². The highest BCUT2D eigenvalue weighted by atomic mass is 16.5. The molecule has 0 aromatic heterocycles. The van der Waals surface area contributed by atoms with Crippen molar-refractivity contribution in [3.8, 4) is 0 Å². The fourth-order valence-corrected chi connectivity index (χ4v) is 3.57. The van der Waals surface area contributed by atoms with E-state index in [0.717, 1.165) is 45.4 Å². The predicted molar refractivity (Wildman–Crippen MR) is 93.0 cm³/mol. The number of hydrogen-bond acceptors (Lipinski definition) is 2. The van der Waals surface area contributed by atoms with E-state index in [9.17, 15) is 4.79 Å². The number of carbonyl (C=O) groups excluding carboxylic acids is 1. The molecule has 1 atom stereocenters. The van der Waals surface area contributed by atoms with Crippen LogP contribution in [0.15, 0.2) is 36.4 Å². The predicted octanol–water partition coefficient (Wildman–Crippen LogP) is 3.90. The highest BCUT2D eigenvalue weighted by Crippen LogP contribution is 2.24. The Bertz CT molecular complexity index is 520. The van der Waals surface area contributed by atoms with Gasteiger partial charge in [0.1, 0.15) is 0 Å². The number of benzene rings is 1. The molecule has 0 radical (unpaired) electrons. The number of likely N-dealkylation sites (tertiary alicyclic amines) is 1. The van der Waals surface area contributed by atoms with E-state index in [1.165, 1.54) is 18.4 Å². The first kappa shape index (κ1) is 16.3. The summed E-state index contributed by atoms with van der Waals surface area (Å²) in [7, 11) is 0. The Morgan fingerprint density at radius 3 is 2.61 bits per heavy atom. The minimum absolute atomic E-state index is 0.162. The van der Waals surface area contributed by atoms with Crippen LogP contribution in [0.1, 0.15) is 44.1 Å². The lowest BCUT2D eigenvalue weighted by Gasteiger charge is -2.33. The second-order valence-corrected chi connectivity index (χ2v) is 6.60. The molecule has 3 rings (SSSR count). The van der Waals surface area contributed by atoms with Gasteiger partial charge in [0.25, 0.3) is 0 Å². The van der Waals surface area contributed by atoms with Gasteiger partial charge < -0.3 is 9.64 Å². The number of carbonyl (C=O) groups is 1. The van der Waals surface area contributed by atoms with Crippen molar-refractivity contribution in [1.29, 1.82) is 0 Å². The molecule has 3 heteroatoms. The van der Waals surface area contributed by atoms with E-state index in [-0.39, 0.29) is 12.0 Å². The Hall–Kier alpha value is -1.61. The van der Waals surface area contributed by atoms with Crippen molar-refractivity contribution in [1.82, 2.24) is 4.90 Å². The molecule has 2 aliphatic rings. The summed E-state index contributed by atoms with van der Waals surface area (Å²) in [5.74, 6) is 0.507. The van der Waals surface area contributed by atoms with Crippen LogP contribution in [-0.2, 0) is 9.53 Å². The molecular weight excluding hydrogens is 286 g/mol. The van der Waals surface area contributed by atoms with E-state index in [1.807, 2.05) is 6.07 Å². The van der Waals surface area contributed by atoms with Crippen LogP contribution >= 0.6 is 0 Å². The van der Waals surface area contributed by atoms with E-state index in [0.29, 0.717) is 5.91 Å². The minimum Gasteiger partial charge on any atom is -0.381 e. The van der Waals surface area contributed by atoms with Gasteiger partial charge >= 0.3 is 0 Å². The monoisotopic (exact) mass is 313 g/mol. The Labute approximate surface area is 139 Å². The summed E-state index contributed by atoms with van der Waals surface area (Å²) in [5, 5.41) is 0. The summed E-state index contributed by atoms with van der Waals surface area (Å²) < 4.78 is 5.41. The molecule has 0 bridgehead atoms. The van der Waals surface area contributed by atoms with Crippen molar-refractivity contribution in [3.05, 3.63) is 42.0 Å². The Morgan fingerprint density at radius 2 is 1.83 bits per heavy atom. The third kappa shape index (κ3) is 4.44. The number of rotatable bonds is 3. The molecule has 0 saturated carbocycles. The maximum atomic E-state index is 13.0. The zero-order chi connectivity index (χ0) is 15.9. The van der Waals surface area contributed by atoms with Gasteiger partial charge in [0.05, 0.1) is 6.04 Å². The summed E-state index contributed by atoms with van der Waals surface area (Å²) in [6, 6.07) is 10.6. The molecule has 2 heterocycles. The van der Waals surface area contributed by atoms with Gasteiger partial charge in [-0.25, -0.2) is 0 Å². The van der Waals surface area contributed by atoms with Crippen LogP contribution < -0.4 is 0 Å². The number of hydrogen-bond donors (Lipinski definition) is 0. The molecule has 2 aliphatic heterocycles. The third-order valence-electron chi connectivity index (χ3n) is 4.96. The van der Waals surface area contributed by atoms with Crippen LogP contribution in [0.5, 0.6) is 0 Å². The molecule has 2 fully saturated rings. The average molecular weight is 313 g/mol. The lowest BCUT2D eigenvalue weighted by Crippen LogP contribution is -2.43. The molecule has 0 spiro atoms. The van der Waals surface area contributed by atoms with Crippen LogP contribution in [0.25, 0.3) is 6.08 Å². The van der Waals surface area contributed by atoms with Crippen molar-refractivity contribution >= 4 is 12.0 Å². The Balaban J connectivity index is 1.71. The van der Waals surface area contributed by atoms with E-state index in [2.05, 4.69) is 41.3 Å². The molecule has 1 unspecified atom stereocenters. The SMILES string of the molecule is O=C(C1CCOCC1)N1CCCCCC1/C=C/c1ccccc1.